The maximum atomic E-state index is 12.5. The van der Waals surface area contributed by atoms with E-state index >= 15 is 0 Å². The van der Waals surface area contributed by atoms with Gasteiger partial charge in [0.05, 0.1) is 17.1 Å². The molecule has 0 aliphatic carbocycles. The largest absolute Gasteiger partial charge is 0.280 e. The van der Waals surface area contributed by atoms with Gasteiger partial charge in [-0.1, -0.05) is 31.2 Å². The molecule has 0 aliphatic heterocycles. The van der Waals surface area contributed by atoms with Gasteiger partial charge in [-0.25, -0.2) is 8.42 Å². The number of anilines is 1. The van der Waals surface area contributed by atoms with Crippen molar-refractivity contribution in [1.29, 1.82) is 0 Å². The van der Waals surface area contributed by atoms with Gasteiger partial charge in [-0.2, -0.15) is 5.10 Å². The van der Waals surface area contributed by atoms with Gasteiger partial charge in [-0.05, 0) is 61.7 Å². The van der Waals surface area contributed by atoms with Crippen molar-refractivity contribution >= 4 is 15.7 Å². The van der Waals surface area contributed by atoms with Crippen LogP contribution in [0.25, 0.3) is 0 Å². The zero-order valence-corrected chi connectivity index (χ0v) is 16.0. The van der Waals surface area contributed by atoms with Crippen LogP contribution in [-0.2, 0) is 23.0 Å². The molecule has 3 rings (SSSR count). The van der Waals surface area contributed by atoms with E-state index < -0.39 is 10.0 Å². The Morgan fingerprint density at radius 1 is 0.962 bits per heavy atom. The van der Waals surface area contributed by atoms with E-state index in [-0.39, 0.29) is 4.90 Å². The zero-order valence-electron chi connectivity index (χ0n) is 15.2. The number of rotatable bonds is 6. The van der Waals surface area contributed by atoms with E-state index in [1.807, 2.05) is 55.8 Å². The Balaban J connectivity index is 1.72. The smallest absolute Gasteiger partial charge is 0.261 e. The summed E-state index contributed by atoms with van der Waals surface area (Å²) in [5, 5.41) is 4.45. The van der Waals surface area contributed by atoms with Gasteiger partial charge >= 0.3 is 0 Å². The van der Waals surface area contributed by atoms with Crippen molar-refractivity contribution in [3.63, 3.8) is 0 Å². The molecule has 0 aliphatic rings. The van der Waals surface area contributed by atoms with Crippen molar-refractivity contribution in [3.05, 3.63) is 77.1 Å². The molecule has 0 saturated heterocycles. The molecule has 3 aromatic rings. The number of aryl methyl sites for hydroxylation is 3. The predicted molar refractivity (Wildman–Crippen MR) is 104 cm³/mol. The number of benzene rings is 2. The average Bonchev–Trinajstić information content (AvgIpc) is 2.93. The zero-order chi connectivity index (χ0) is 18.7. The molecule has 0 spiro atoms. The first-order valence-corrected chi connectivity index (χ1v) is 10.1. The molecule has 0 saturated carbocycles. The van der Waals surface area contributed by atoms with Crippen LogP contribution in [0.1, 0.15) is 29.4 Å². The van der Waals surface area contributed by atoms with Crippen molar-refractivity contribution in [3.8, 4) is 0 Å². The summed E-state index contributed by atoms with van der Waals surface area (Å²) in [6.45, 7) is 6.68. The number of nitrogens with zero attached hydrogens (tertiary/aromatic N) is 2. The van der Waals surface area contributed by atoms with Gasteiger partial charge in [-0.15, -0.1) is 0 Å². The number of sulfonamides is 1. The Hall–Kier alpha value is -2.60. The standard InChI is InChI=1S/C20H23N3O2S/c1-4-17-7-11-20(12-8-17)26(24,25)22-19-9-5-18(6-10-19)14-23-16(3)13-15(2)21-23/h5-13,22H,4,14H2,1-3H3. The third kappa shape index (κ3) is 4.14. The van der Waals surface area contributed by atoms with Crippen LogP contribution in [0, 0.1) is 13.8 Å². The molecular formula is C20H23N3O2S. The van der Waals surface area contributed by atoms with Gasteiger partial charge in [0.1, 0.15) is 0 Å². The minimum absolute atomic E-state index is 0.265. The molecule has 0 fully saturated rings. The predicted octanol–water partition coefficient (Wildman–Crippen LogP) is 3.91. The van der Waals surface area contributed by atoms with Crippen molar-refractivity contribution in [2.24, 2.45) is 0 Å². The number of hydrogen-bond donors (Lipinski definition) is 1. The second kappa shape index (κ2) is 7.33. The summed E-state index contributed by atoms with van der Waals surface area (Å²) >= 11 is 0. The normalized spacial score (nSPS) is 11.5. The molecule has 0 radical (unpaired) electrons. The van der Waals surface area contributed by atoms with Crippen LogP contribution in [0.2, 0.25) is 0 Å². The number of hydrogen-bond acceptors (Lipinski definition) is 3. The van der Waals surface area contributed by atoms with E-state index in [0.29, 0.717) is 12.2 Å². The molecule has 0 atom stereocenters. The number of nitrogens with one attached hydrogen (secondary N) is 1. The summed E-state index contributed by atoms with van der Waals surface area (Å²) in [6, 6.07) is 16.4. The molecule has 1 N–H and O–H groups in total. The molecule has 136 valence electrons. The maximum Gasteiger partial charge on any atom is 0.261 e. The van der Waals surface area contributed by atoms with E-state index in [0.717, 1.165) is 28.9 Å². The first-order valence-electron chi connectivity index (χ1n) is 8.59. The second-order valence-electron chi connectivity index (χ2n) is 6.38. The molecule has 6 heteroatoms. The lowest BCUT2D eigenvalue weighted by Gasteiger charge is -2.10. The summed E-state index contributed by atoms with van der Waals surface area (Å²) in [5.74, 6) is 0. The summed E-state index contributed by atoms with van der Waals surface area (Å²) in [7, 11) is -3.58. The van der Waals surface area contributed by atoms with Gasteiger partial charge < -0.3 is 0 Å². The van der Waals surface area contributed by atoms with Gasteiger partial charge in [0.15, 0.2) is 0 Å². The van der Waals surface area contributed by atoms with Gasteiger partial charge in [0.2, 0.25) is 0 Å². The highest BCUT2D eigenvalue weighted by Crippen LogP contribution is 2.18. The fraction of sp³-hybridized carbons (Fsp3) is 0.250. The third-order valence-corrected chi connectivity index (χ3v) is 5.68. The Kier molecular flexibility index (Phi) is 5.13. The van der Waals surface area contributed by atoms with Crippen LogP contribution in [0.15, 0.2) is 59.5 Å². The van der Waals surface area contributed by atoms with Crippen LogP contribution < -0.4 is 4.72 Å². The van der Waals surface area contributed by atoms with E-state index in [9.17, 15) is 8.42 Å². The van der Waals surface area contributed by atoms with Crippen molar-refractivity contribution in [1.82, 2.24) is 9.78 Å². The van der Waals surface area contributed by atoms with Crippen LogP contribution in [0.4, 0.5) is 5.69 Å². The van der Waals surface area contributed by atoms with E-state index in [1.54, 1.807) is 24.3 Å². The lowest BCUT2D eigenvalue weighted by Crippen LogP contribution is -2.13. The summed E-state index contributed by atoms with van der Waals surface area (Å²) < 4.78 is 29.6. The minimum atomic E-state index is -3.58. The van der Waals surface area contributed by atoms with Crippen LogP contribution in [-0.4, -0.2) is 18.2 Å². The highest BCUT2D eigenvalue weighted by atomic mass is 32.2. The molecule has 0 unspecified atom stereocenters. The van der Waals surface area contributed by atoms with Gasteiger partial charge in [-0.3, -0.25) is 9.40 Å². The quantitative estimate of drug-likeness (QED) is 0.716. The Morgan fingerprint density at radius 2 is 1.58 bits per heavy atom. The highest BCUT2D eigenvalue weighted by molar-refractivity contribution is 7.92. The fourth-order valence-electron chi connectivity index (χ4n) is 2.80. The summed E-state index contributed by atoms with van der Waals surface area (Å²) in [5.41, 5.74) is 4.80. The lowest BCUT2D eigenvalue weighted by molar-refractivity contribution is 0.601. The molecule has 0 bridgehead atoms. The first-order chi connectivity index (χ1) is 12.4. The van der Waals surface area contributed by atoms with Crippen molar-refractivity contribution in [2.75, 3.05) is 4.72 Å². The topological polar surface area (TPSA) is 64.0 Å². The van der Waals surface area contributed by atoms with Crippen molar-refractivity contribution in [2.45, 2.75) is 38.6 Å². The van der Waals surface area contributed by atoms with Gasteiger partial charge in [0.25, 0.3) is 10.0 Å². The van der Waals surface area contributed by atoms with Crippen LogP contribution in [0.3, 0.4) is 0 Å². The minimum Gasteiger partial charge on any atom is -0.280 e. The summed E-state index contributed by atoms with van der Waals surface area (Å²) in [4.78, 5) is 0.265. The molecule has 1 aromatic heterocycles. The molecular weight excluding hydrogens is 346 g/mol. The lowest BCUT2D eigenvalue weighted by atomic mass is 10.2. The summed E-state index contributed by atoms with van der Waals surface area (Å²) in [6.07, 6.45) is 0.879. The van der Waals surface area contributed by atoms with Crippen LogP contribution >= 0.6 is 0 Å². The first kappa shape index (κ1) is 18.2. The molecule has 0 amide bonds. The third-order valence-electron chi connectivity index (χ3n) is 4.28. The van der Waals surface area contributed by atoms with Crippen molar-refractivity contribution < 1.29 is 8.42 Å². The molecule has 26 heavy (non-hydrogen) atoms. The fourth-order valence-corrected chi connectivity index (χ4v) is 3.86. The Bertz CT molecular complexity index is 989. The van der Waals surface area contributed by atoms with Crippen LogP contribution in [0.5, 0.6) is 0 Å². The molecule has 2 aromatic carbocycles. The second-order valence-corrected chi connectivity index (χ2v) is 8.07. The van der Waals surface area contributed by atoms with E-state index in [4.69, 9.17) is 0 Å². The Morgan fingerprint density at radius 3 is 2.12 bits per heavy atom. The Labute approximate surface area is 154 Å². The monoisotopic (exact) mass is 369 g/mol. The molecule has 1 heterocycles. The average molecular weight is 369 g/mol. The number of aromatic nitrogens is 2. The molecule has 5 nitrogen and oxygen atoms in total. The maximum absolute atomic E-state index is 12.5. The van der Waals surface area contributed by atoms with E-state index in [1.165, 1.54) is 0 Å². The SMILES string of the molecule is CCc1ccc(S(=O)(=O)Nc2ccc(Cn3nc(C)cc3C)cc2)cc1. The highest BCUT2D eigenvalue weighted by Gasteiger charge is 2.14. The van der Waals surface area contributed by atoms with Gasteiger partial charge in [0, 0.05) is 11.4 Å². The van der Waals surface area contributed by atoms with E-state index in [2.05, 4.69) is 9.82 Å².